The number of rotatable bonds is 3. The van der Waals surface area contributed by atoms with Crippen LogP contribution in [0.5, 0.6) is 0 Å². The Morgan fingerprint density at radius 3 is 2.53 bits per heavy atom. The molecule has 1 atom stereocenters. The Hall–Kier alpha value is -1.64. The molecular weight excluding hydrogens is 268 g/mol. The van der Waals surface area contributed by atoms with Crippen molar-refractivity contribution in [2.75, 3.05) is 7.05 Å². The van der Waals surface area contributed by atoms with Crippen molar-refractivity contribution in [3.8, 4) is 0 Å². The van der Waals surface area contributed by atoms with Gasteiger partial charge in [-0.1, -0.05) is 11.8 Å². The zero-order valence-corrected chi connectivity index (χ0v) is 12.4. The maximum Gasteiger partial charge on any atom is 0.321 e. The van der Waals surface area contributed by atoms with E-state index in [1.165, 1.54) is 18.8 Å². The van der Waals surface area contributed by atoms with E-state index in [0.29, 0.717) is 5.16 Å². The van der Waals surface area contributed by atoms with E-state index in [-0.39, 0.29) is 5.54 Å². The first-order valence-electron chi connectivity index (χ1n) is 5.73. The maximum atomic E-state index is 11.7. The molecule has 1 aromatic heterocycles. The van der Waals surface area contributed by atoms with Crippen LogP contribution in [0.3, 0.4) is 0 Å². The average molecular weight is 286 g/mol. The van der Waals surface area contributed by atoms with Gasteiger partial charge in [-0.15, -0.1) is 5.10 Å². The van der Waals surface area contributed by atoms with Gasteiger partial charge in [-0.25, -0.2) is 9.48 Å². The summed E-state index contributed by atoms with van der Waals surface area (Å²) in [5.41, 5.74) is -0.275. The number of hydrogen-bond donors (Lipinski definition) is 2. The van der Waals surface area contributed by atoms with E-state index in [2.05, 4.69) is 26.2 Å². The van der Waals surface area contributed by atoms with E-state index < -0.39 is 17.2 Å². The summed E-state index contributed by atoms with van der Waals surface area (Å²) in [6.45, 7) is 7.57. The smallest absolute Gasteiger partial charge is 0.321 e. The molecule has 0 bridgehead atoms. The molecule has 0 aliphatic heterocycles. The van der Waals surface area contributed by atoms with Gasteiger partial charge in [-0.05, 0) is 38.1 Å². The van der Waals surface area contributed by atoms with Crippen molar-refractivity contribution < 1.29 is 9.59 Å². The largest absolute Gasteiger partial charge is 0.341 e. The third-order valence-electron chi connectivity index (χ3n) is 2.19. The lowest BCUT2D eigenvalue weighted by atomic mass is 10.1. The van der Waals surface area contributed by atoms with Gasteiger partial charge >= 0.3 is 6.03 Å². The molecule has 0 radical (unpaired) electrons. The fourth-order valence-corrected chi connectivity index (χ4v) is 2.14. The molecule has 1 heterocycles. The third kappa shape index (κ3) is 4.19. The van der Waals surface area contributed by atoms with Crippen molar-refractivity contribution in [1.82, 2.24) is 30.8 Å². The standard InChI is InChI=1S/C10H18N6O2S/c1-6(7(17)12-8(18)11-5)19-9-13-14-15-16(9)10(2,3)4/h6H,1-5H3,(H2,11,12,17,18)/t6-/m1/s1. The molecule has 2 N–H and O–H groups in total. The molecule has 0 saturated heterocycles. The number of carbonyl (C=O) groups excluding carboxylic acids is 2. The average Bonchev–Trinajstić information content (AvgIpc) is 2.76. The van der Waals surface area contributed by atoms with E-state index in [1.807, 2.05) is 20.8 Å². The molecule has 1 rings (SSSR count). The van der Waals surface area contributed by atoms with Gasteiger partial charge in [-0.2, -0.15) is 0 Å². The molecule has 1 aromatic rings. The van der Waals surface area contributed by atoms with Crippen LogP contribution >= 0.6 is 11.8 Å². The summed E-state index contributed by atoms with van der Waals surface area (Å²) in [6, 6.07) is -0.534. The molecule has 106 valence electrons. The summed E-state index contributed by atoms with van der Waals surface area (Å²) in [6.07, 6.45) is 0. The highest BCUT2D eigenvalue weighted by Crippen LogP contribution is 2.24. The summed E-state index contributed by atoms with van der Waals surface area (Å²) in [5, 5.41) is 16.0. The first-order valence-corrected chi connectivity index (χ1v) is 6.61. The Balaban J connectivity index is 2.72. The van der Waals surface area contributed by atoms with Gasteiger partial charge in [0.2, 0.25) is 11.1 Å². The van der Waals surface area contributed by atoms with E-state index in [0.717, 1.165) is 0 Å². The van der Waals surface area contributed by atoms with Crippen LogP contribution in [-0.2, 0) is 10.3 Å². The molecule has 9 heteroatoms. The SMILES string of the molecule is CNC(=O)NC(=O)[C@@H](C)Sc1nnnn1C(C)(C)C. The molecule has 0 saturated carbocycles. The van der Waals surface area contributed by atoms with Crippen LogP contribution in [0.2, 0.25) is 0 Å². The summed E-state index contributed by atoms with van der Waals surface area (Å²) < 4.78 is 1.64. The quantitative estimate of drug-likeness (QED) is 0.778. The topological polar surface area (TPSA) is 102 Å². The fraction of sp³-hybridized carbons (Fsp3) is 0.700. The van der Waals surface area contributed by atoms with Gasteiger partial charge in [0.15, 0.2) is 0 Å². The van der Waals surface area contributed by atoms with E-state index in [1.54, 1.807) is 11.6 Å². The van der Waals surface area contributed by atoms with Crippen LogP contribution in [0.15, 0.2) is 5.16 Å². The monoisotopic (exact) mass is 286 g/mol. The Bertz CT molecular complexity index is 467. The number of hydrogen-bond acceptors (Lipinski definition) is 6. The van der Waals surface area contributed by atoms with E-state index >= 15 is 0 Å². The minimum atomic E-state index is -0.534. The number of amides is 3. The van der Waals surface area contributed by atoms with Crippen molar-refractivity contribution in [2.45, 2.75) is 43.6 Å². The molecule has 0 unspecified atom stereocenters. The predicted octanol–water partition coefficient (Wildman–Crippen LogP) is 0.364. The van der Waals surface area contributed by atoms with Crippen molar-refractivity contribution in [2.24, 2.45) is 0 Å². The van der Waals surface area contributed by atoms with Gasteiger partial charge < -0.3 is 5.32 Å². The number of nitrogens with zero attached hydrogens (tertiary/aromatic N) is 4. The summed E-state index contributed by atoms with van der Waals surface area (Å²) in [5.74, 6) is -0.396. The first-order chi connectivity index (χ1) is 8.75. The summed E-state index contributed by atoms with van der Waals surface area (Å²) in [4.78, 5) is 22.8. The molecule has 0 spiro atoms. The summed E-state index contributed by atoms with van der Waals surface area (Å²) >= 11 is 1.20. The molecule has 0 aliphatic carbocycles. The van der Waals surface area contributed by atoms with Gasteiger partial charge in [0.05, 0.1) is 10.8 Å². The Morgan fingerprint density at radius 2 is 2.00 bits per heavy atom. The van der Waals surface area contributed by atoms with Gasteiger partial charge in [0.25, 0.3) is 0 Å². The van der Waals surface area contributed by atoms with Crippen molar-refractivity contribution in [3.63, 3.8) is 0 Å². The van der Waals surface area contributed by atoms with Crippen LogP contribution in [0, 0.1) is 0 Å². The molecule has 8 nitrogen and oxygen atoms in total. The van der Waals surface area contributed by atoms with Crippen molar-refractivity contribution >= 4 is 23.7 Å². The highest BCUT2D eigenvalue weighted by Gasteiger charge is 2.24. The van der Waals surface area contributed by atoms with E-state index in [4.69, 9.17) is 0 Å². The number of aromatic nitrogens is 4. The van der Waals surface area contributed by atoms with Crippen molar-refractivity contribution in [3.05, 3.63) is 0 Å². The highest BCUT2D eigenvalue weighted by atomic mass is 32.2. The normalized spacial score (nSPS) is 12.9. The zero-order chi connectivity index (χ0) is 14.6. The number of tetrazole rings is 1. The second-order valence-corrected chi connectivity index (χ2v) is 6.18. The van der Waals surface area contributed by atoms with Crippen LogP contribution < -0.4 is 10.6 Å². The number of imide groups is 1. The predicted molar refractivity (Wildman–Crippen MR) is 70.7 cm³/mol. The lowest BCUT2D eigenvalue weighted by molar-refractivity contribution is -0.119. The maximum absolute atomic E-state index is 11.7. The number of carbonyl (C=O) groups is 2. The summed E-state index contributed by atoms with van der Waals surface area (Å²) in [7, 11) is 1.45. The van der Waals surface area contributed by atoms with Crippen LogP contribution in [0.1, 0.15) is 27.7 Å². The van der Waals surface area contributed by atoms with E-state index in [9.17, 15) is 9.59 Å². The van der Waals surface area contributed by atoms with Crippen LogP contribution in [0.25, 0.3) is 0 Å². The minimum Gasteiger partial charge on any atom is -0.341 e. The lowest BCUT2D eigenvalue weighted by Gasteiger charge is -2.20. The fourth-order valence-electron chi connectivity index (χ4n) is 1.16. The van der Waals surface area contributed by atoms with Gasteiger partial charge in [0, 0.05) is 7.05 Å². The minimum absolute atomic E-state index is 0.275. The van der Waals surface area contributed by atoms with Crippen LogP contribution in [-0.4, -0.2) is 44.4 Å². The molecule has 0 aromatic carbocycles. The van der Waals surface area contributed by atoms with Crippen LogP contribution in [0.4, 0.5) is 4.79 Å². The first kappa shape index (κ1) is 15.4. The number of urea groups is 1. The molecule has 19 heavy (non-hydrogen) atoms. The third-order valence-corrected chi connectivity index (χ3v) is 3.22. The lowest BCUT2D eigenvalue weighted by Crippen LogP contribution is -2.41. The Labute approximate surface area is 115 Å². The molecule has 3 amide bonds. The Morgan fingerprint density at radius 1 is 1.37 bits per heavy atom. The highest BCUT2D eigenvalue weighted by molar-refractivity contribution is 8.00. The van der Waals surface area contributed by atoms with Gasteiger partial charge in [0.1, 0.15) is 0 Å². The number of nitrogens with one attached hydrogen (secondary N) is 2. The molecule has 0 fully saturated rings. The Kier molecular flexibility index (Phi) is 4.87. The molecular formula is C10H18N6O2S. The van der Waals surface area contributed by atoms with Crippen molar-refractivity contribution in [1.29, 1.82) is 0 Å². The van der Waals surface area contributed by atoms with Gasteiger partial charge in [-0.3, -0.25) is 10.1 Å². The number of thioether (sulfide) groups is 1. The molecule has 0 aliphatic rings. The second-order valence-electron chi connectivity index (χ2n) is 4.87. The second kappa shape index (κ2) is 6.00. The zero-order valence-electron chi connectivity index (χ0n) is 11.6.